The van der Waals surface area contributed by atoms with Gasteiger partial charge in [-0.05, 0) is 49.5 Å². The molecule has 8 nitrogen and oxygen atoms in total. The fourth-order valence-electron chi connectivity index (χ4n) is 2.10. The second-order valence-corrected chi connectivity index (χ2v) is 7.83. The second kappa shape index (κ2) is 6.81. The van der Waals surface area contributed by atoms with Gasteiger partial charge in [0, 0.05) is 5.95 Å². The lowest BCUT2D eigenvalue weighted by molar-refractivity contribution is -0.116. The van der Waals surface area contributed by atoms with Crippen molar-refractivity contribution >= 4 is 44.5 Å². The number of aliphatic imine (C=N–C) groups is 1. The third kappa shape index (κ3) is 4.34. The van der Waals surface area contributed by atoms with Gasteiger partial charge in [0.05, 0.1) is 16.3 Å². The van der Waals surface area contributed by atoms with Crippen molar-refractivity contribution in [2.45, 2.75) is 18.7 Å². The first kappa shape index (κ1) is 17.4. The summed E-state index contributed by atoms with van der Waals surface area (Å²) < 4.78 is 28.4. The van der Waals surface area contributed by atoms with Crippen LogP contribution in [0.3, 0.4) is 0 Å². The summed E-state index contributed by atoms with van der Waals surface area (Å²) >= 11 is 1.30. The minimum Gasteiger partial charge on any atom is -0.363 e. The highest BCUT2D eigenvalue weighted by Crippen LogP contribution is 2.27. The topological polar surface area (TPSA) is 115 Å². The highest BCUT2D eigenvalue weighted by atomic mass is 32.2. The monoisotopic (exact) mass is 376 g/mol. The van der Waals surface area contributed by atoms with E-state index in [9.17, 15) is 13.2 Å². The lowest BCUT2D eigenvalue weighted by atomic mass is 10.3. The van der Waals surface area contributed by atoms with E-state index >= 15 is 0 Å². The van der Waals surface area contributed by atoms with Crippen LogP contribution in [0.25, 0.3) is 4.72 Å². The molecule has 1 N–H and O–H groups in total. The Morgan fingerprint density at radius 3 is 2.36 bits per heavy atom. The Morgan fingerprint density at radius 1 is 1.16 bits per heavy atom. The number of carbonyl (C=O) groups is 1. The Balaban J connectivity index is 1.79. The average Bonchev–Trinajstić information content (AvgIpc) is 2.91. The Morgan fingerprint density at radius 2 is 1.80 bits per heavy atom. The molecule has 0 bridgehead atoms. The molecule has 1 aliphatic rings. The number of aryl methyl sites for hydroxylation is 2. The lowest BCUT2D eigenvalue weighted by Crippen LogP contribution is -2.19. The zero-order valence-electron chi connectivity index (χ0n) is 13.4. The fourth-order valence-corrected chi connectivity index (χ4v) is 3.68. The maximum Gasteiger partial charge on any atom is 0.236 e. The Labute approximate surface area is 149 Å². The number of rotatable bonds is 4. The largest absolute Gasteiger partial charge is 0.363 e. The van der Waals surface area contributed by atoms with Crippen LogP contribution in [0.5, 0.6) is 0 Å². The number of nitrogens with zero attached hydrogens (tertiary/aromatic N) is 4. The number of sulfonamides is 1. The molecule has 0 atom stereocenters. The highest BCUT2D eigenvalue weighted by Gasteiger charge is 2.17. The molecule has 0 radical (unpaired) electrons. The van der Waals surface area contributed by atoms with Crippen LogP contribution in [0, 0.1) is 13.8 Å². The molecule has 25 heavy (non-hydrogen) atoms. The predicted octanol–water partition coefficient (Wildman–Crippen LogP) is 2.34. The molecule has 0 aliphatic carbocycles. The number of aromatic nitrogens is 2. The van der Waals surface area contributed by atoms with Crippen LogP contribution < -0.4 is 5.32 Å². The summed E-state index contributed by atoms with van der Waals surface area (Å²) in [6.45, 7) is 3.49. The maximum atomic E-state index is 12.4. The number of benzene rings is 1. The first-order valence-corrected chi connectivity index (χ1v) is 9.66. The van der Waals surface area contributed by atoms with Crippen molar-refractivity contribution in [3.63, 3.8) is 0 Å². The molecule has 130 valence electrons. The Hall–Kier alpha value is -2.46. The van der Waals surface area contributed by atoms with E-state index in [1.54, 1.807) is 32.0 Å². The molecule has 3 rings (SSSR count). The van der Waals surface area contributed by atoms with Gasteiger partial charge in [-0.25, -0.2) is 13.4 Å². The molecule has 1 fully saturated rings. The standard InChI is InChI=1S/C15H15N5O3S2/c1-9-7-10(2)17-14(16-9)20-25(22,23)12-5-3-11(4-6-12)18-15-19-13(21)8-24-15/h3-7H,8H2,1-2H3,(H2,16,17,18,19,20,21)/p-1. The van der Waals surface area contributed by atoms with Gasteiger partial charge >= 0.3 is 0 Å². The van der Waals surface area contributed by atoms with Crippen molar-refractivity contribution in [3.05, 3.63) is 46.4 Å². The van der Waals surface area contributed by atoms with Gasteiger partial charge in [0.2, 0.25) is 15.9 Å². The van der Waals surface area contributed by atoms with Crippen molar-refractivity contribution in [1.82, 2.24) is 15.3 Å². The predicted molar refractivity (Wildman–Crippen MR) is 95.8 cm³/mol. The van der Waals surface area contributed by atoms with Crippen LogP contribution in [0.15, 0.2) is 40.2 Å². The summed E-state index contributed by atoms with van der Waals surface area (Å²) in [7, 11) is -3.92. The molecule has 1 aromatic heterocycles. The van der Waals surface area contributed by atoms with Gasteiger partial charge in [-0.3, -0.25) is 9.52 Å². The normalized spacial score (nSPS) is 16.1. The molecular weight excluding hydrogens is 362 g/mol. The molecule has 2 heterocycles. The number of amides is 1. The van der Waals surface area contributed by atoms with Gasteiger partial charge in [0.15, 0.2) is 5.17 Å². The van der Waals surface area contributed by atoms with Crippen molar-refractivity contribution in [1.29, 1.82) is 0 Å². The molecule has 1 amide bonds. The molecule has 1 aliphatic heterocycles. The van der Waals surface area contributed by atoms with Crippen LogP contribution in [-0.4, -0.2) is 35.2 Å². The Kier molecular flexibility index (Phi) is 4.73. The third-order valence-electron chi connectivity index (χ3n) is 3.12. The van der Waals surface area contributed by atoms with Crippen molar-refractivity contribution in [3.8, 4) is 0 Å². The minimum atomic E-state index is -3.92. The fraction of sp³-hybridized carbons (Fsp3) is 0.200. The number of thioether (sulfide) groups is 1. The molecule has 10 heteroatoms. The van der Waals surface area contributed by atoms with Crippen molar-refractivity contribution in [2.75, 3.05) is 5.75 Å². The maximum absolute atomic E-state index is 12.4. The lowest BCUT2D eigenvalue weighted by Gasteiger charge is -2.15. The molecule has 0 unspecified atom stereocenters. The summed E-state index contributed by atoms with van der Waals surface area (Å²) in [6.07, 6.45) is 0. The summed E-state index contributed by atoms with van der Waals surface area (Å²) in [6, 6.07) is 7.63. The zero-order valence-corrected chi connectivity index (χ0v) is 15.1. The smallest absolute Gasteiger partial charge is 0.236 e. The van der Waals surface area contributed by atoms with E-state index < -0.39 is 10.0 Å². The van der Waals surface area contributed by atoms with Crippen LogP contribution in [0.1, 0.15) is 11.4 Å². The van der Waals surface area contributed by atoms with Gasteiger partial charge in [-0.1, -0.05) is 17.8 Å². The van der Waals surface area contributed by atoms with Crippen LogP contribution in [0.4, 0.5) is 11.6 Å². The SMILES string of the molecule is Cc1cc(C)nc([N-]S(=O)(=O)c2ccc(N=C3NC(=O)CS3)cc2)n1. The summed E-state index contributed by atoms with van der Waals surface area (Å²) in [5.41, 5.74) is 1.82. The molecular formula is C15H14N5O3S2-. The summed E-state index contributed by atoms with van der Waals surface area (Å²) in [5, 5.41) is 3.11. The zero-order chi connectivity index (χ0) is 18.0. The second-order valence-electron chi connectivity index (χ2n) is 5.26. The molecule has 1 aromatic carbocycles. The quantitative estimate of drug-likeness (QED) is 0.875. The van der Waals surface area contributed by atoms with E-state index in [0.717, 1.165) is 0 Å². The van der Waals surface area contributed by atoms with E-state index in [0.29, 0.717) is 28.0 Å². The van der Waals surface area contributed by atoms with Crippen LogP contribution in [-0.2, 0) is 14.8 Å². The first-order chi connectivity index (χ1) is 11.8. The third-order valence-corrected chi connectivity index (χ3v) is 5.27. The van der Waals surface area contributed by atoms with Gasteiger partial charge < -0.3 is 15.3 Å². The number of nitrogens with one attached hydrogen (secondary N) is 1. The number of amidine groups is 1. The van der Waals surface area contributed by atoms with Crippen LogP contribution in [0.2, 0.25) is 0 Å². The average molecular weight is 376 g/mol. The Bertz CT molecular complexity index is 935. The first-order valence-electron chi connectivity index (χ1n) is 7.23. The highest BCUT2D eigenvalue weighted by molar-refractivity contribution is 8.15. The van der Waals surface area contributed by atoms with Gasteiger partial charge in [-0.2, -0.15) is 0 Å². The number of hydrogen-bond donors (Lipinski definition) is 1. The van der Waals surface area contributed by atoms with Crippen molar-refractivity contribution in [2.24, 2.45) is 4.99 Å². The number of carbonyl (C=O) groups excluding carboxylic acids is 1. The molecule has 2 aromatic rings. The minimum absolute atomic E-state index is 0.0160. The molecule has 0 saturated carbocycles. The molecule has 1 saturated heterocycles. The van der Waals surface area contributed by atoms with E-state index in [-0.39, 0.29) is 16.8 Å². The summed E-state index contributed by atoms with van der Waals surface area (Å²) in [5.74, 6) is 0.141. The van der Waals surface area contributed by atoms with Gasteiger partial charge in [-0.15, -0.1) is 0 Å². The van der Waals surface area contributed by atoms with E-state index in [4.69, 9.17) is 0 Å². The van der Waals surface area contributed by atoms with E-state index in [1.807, 2.05) is 0 Å². The van der Waals surface area contributed by atoms with E-state index in [2.05, 4.69) is 25.0 Å². The number of hydrogen-bond acceptors (Lipinski definition) is 7. The van der Waals surface area contributed by atoms with E-state index in [1.165, 1.54) is 23.9 Å². The van der Waals surface area contributed by atoms with Crippen LogP contribution >= 0.6 is 11.8 Å². The summed E-state index contributed by atoms with van der Waals surface area (Å²) in [4.78, 5) is 23.4. The van der Waals surface area contributed by atoms with Crippen molar-refractivity contribution < 1.29 is 13.2 Å². The van der Waals surface area contributed by atoms with Gasteiger partial charge in [0.25, 0.3) is 0 Å². The van der Waals surface area contributed by atoms with Gasteiger partial charge in [0.1, 0.15) is 0 Å². The molecule has 0 spiro atoms.